The lowest BCUT2D eigenvalue weighted by molar-refractivity contribution is 0.0948. The Balaban J connectivity index is 0.000000617. The van der Waals surface area contributed by atoms with Crippen LogP contribution in [-0.2, 0) is 6.54 Å². The summed E-state index contributed by atoms with van der Waals surface area (Å²) in [6.07, 6.45) is 10.6. The SMILES string of the molecule is COc1ccccc1C(=O)NCc1ccc(-c2nn(C3C=CCC3)c3ncnc(N)c23)cc1.N/C=C\NN. The van der Waals surface area contributed by atoms with Crippen LogP contribution in [-0.4, -0.2) is 32.8 Å². The van der Waals surface area contributed by atoms with Crippen molar-refractivity contribution in [2.24, 2.45) is 11.6 Å². The number of amides is 1. The smallest absolute Gasteiger partial charge is 0.255 e. The van der Waals surface area contributed by atoms with E-state index >= 15 is 0 Å². The number of allylic oxidation sites excluding steroid dienone is 2. The minimum Gasteiger partial charge on any atom is -0.496 e. The van der Waals surface area contributed by atoms with Crippen LogP contribution in [0.3, 0.4) is 0 Å². The van der Waals surface area contributed by atoms with E-state index in [0.29, 0.717) is 23.7 Å². The fraction of sp³-hybridized carbons (Fsp3) is 0.185. The number of nitrogens with two attached hydrogens (primary N) is 3. The number of nitrogens with zero attached hydrogens (tertiary/aromatic N) is 4. The molecule has 2 aromatic heterocycles. The highest BCUT2D eigenvalue weighted by Crippen LogP contribution is 2.34. The van der Waals surface area contributed by atoms with E-state index in [1.54, 1.807) is 19.2 Å². The van der Waals surface area contributed by atoms with Crippen molar-refractivity contribution in [1.29, 1.82) is 0 Å². The van der Waals surface area contributed by atoms with E-state index in [2.05, 4.69) is 32.9 Å². The summed E-state index contributed by atoms with van der Waals surface area (Å²) >= 11 is 0. The first kappa shape index (κ1) is 26.2. The zero-order chi connectivity index (χ0) is 26.9. The number of aromatic nitrogens is 4. The van der Waals surface area contributed by atoms with Gasteiger partial charge in [0.15, 0.2) is 5.65 Å². The first-order valence-electron chi connectivity index (χ1n) is 12.1. The van der Waals surface area contributed by atoms with Crippen molar-refractivity contribution in [3.05, 3.63) is 90.5 Å². The Morgan fingerprint density at radius 3 is 2.63 bits per heavy atom. The molecule has 196 valence electrons. The van der Waals surface area contributed by atoms with E-state index in [1.807, 2.05) is 41.1 Å². The second-order valence-corrected chi connectivity index (χ2v) is 8.43. The molecule has 8 N–H and O–H groups in total. The minimum absolute atomic E-state index is 0.167. The highest BCUT2D eigenvalue weighted by atomic mass is 16.5. The van der Waals surface area contributed by atoms with Crippen LogP contribution in [0.4, 0.5) is 5.82 Å². The van der Waals surface area contributed by atoms with Crippen molar-refractivity contribution >= 4 is 22.8 Å². The van der Waals surface area contributed by atoms with Gasteiger partial charge in [-0.25, -0.2) is 14.6 Å². The number of nitrogens with one attached hydrogen (secondary N) is 2. The molecule has 1 atom stereocenters. The number of hydrogen-bond acceptors (Lipinski definition) is 9. The average molecular weight is 514 g/mol. The van der Waals surface area contributed by atoms with E-state index in [0.717, 1.165) is 40.7 Å². The summed E-state index contributed by atoms with van der Waals surface area (Å²) in [5.41, 5.74) is 17.1. The molecule has 0 bridgehead atoms. The summed E-state index contributed by atoms with van der Waals surface area (Å²) in [6.45, 7) is 0.393. The lowest BCUT2D eigenvalue weighted by Gasteiger charge is -2.09. The maximum Gasteiger partial charge on any atom is 0.255 e. The van der Waals surface area contributed by atoms with Crippen LogP contribution in [0.1, 0.15) is 34.8 Å². The zero-order valence-corrected chi connectivity index (χ0v) is 21.0. The number of anilines is 1. The summed E-state index contributed by atoms with van der Waals surface area (Å²) in [6, 6.07) is 15.2. The molecule has 4 aromatic rings. The number of hydrogen-bond donors (Lipinski definition) is 5. The van der Waals surface area contributed by atoms with E-state index in [-0.39, 0.29) is 11.9 Å². The van der Waals surface area contributed by atoms with Gasteiger partial charge in [0, 0.05) is 24.5 Å². The largest absolute Gasteiger partial charge is 0.496 e. The Bertz CT molecular complexity index is 1440. The predicted molar refractivity (Wildman–Crippen MR) is 147 cm³/mol. The quantitative estimate of drug-likeness (QED) is 0.141. The monoisotopic (exact) mass is 513 g/mol. The molecule has 0 saturated carbocycles. The summed E-state index contributed by atoms with van der Waals surface area (Å²) in [7, 11) is 1.55. The van der Waals surface area contributed by atoms with E-state index in [1.165, 1.54) is 18.7 Å². The zero-order valence-electron chi connectivity index (χ0n) is 21.0. The van der Waals surface area contributed by atoms with E-state index < -0.39 is 0 Å². The van der Waals surface area contributed by atoms with Crippen LogP contribution in [0, 0.1) is 0 Å². The van der Waals surface area contributed by atoms with Gasteiger partial charge in [0.2, 0.25) is 0 Å². The van der Waals surface area contributed by atoms with Gasteiger partial charge >= 0.3 is 0 Å². The maximum absolute atomic E-state index is 12.6. The fourth-order valence-corrected chi connectivity index (χ4v) is 4.19. The molecular formula is C27H31N9O2. The number of ether oxygens (including phenoxy) is 1. The van der Waals surface area contributed by atoms with Gasteiger partial charge in [-0.2, -0.15) is 5.10 Å². The van der Waals surface area contributed by atoms with Crippen molar-refractivity contribution in [1.82, 2.24) is 30.5 Å². The Kier molecular flexibility index (Phi) is 8.52. The Labute approximate surface area is 220 Å². The third kappa shape index (κ3) is 5.73. The number of carbonyl (C=O) groups excluding carboxylic acids is 1. The molecule has 1 amide bonds. The predicted octanol–water partition coefficient (Wildman–Crippen LogP) is 2.78. The van der Waals surface area contributed by atoms with Crippen LogP contribution in [0.2, 0.25) is 0 Å². The highest BCUT2D eigenvalue weighted by molar-refractivity contribution is 5.98. The normalized spacial score (nSPS) is 14.3. The molecule has 2 aromatic carbocycles. The molecule has 38 heavy (non-hydrogen) atoms. The molecule has 0 saturated heterocycles. The standard InChI is InChI=1S/C25H24N6O2.C2H7N3/c1-33-20-9-5-4-8-19(20)25(32)27-14-16-10-12-17(13-11-16)22-21-23(26)28-15-29-24(21)31(30-22)18-6-2-3-7-18;3-1-2-5-4/h2,4-6,8-13,15,18H,3,7,14H2,1H3,(H,27,32)(H2,26,28,29);1-2,5H,3-4H2/b;2-1-. The number of rotatable bonds is 7. The van der Waals surface area contributed by atoms with Crippen LogP contribution >= 0.6 is 0 Å². The molecular weight excluding hydrogens is 482 g/mol. The lowest BCUT2D eigenvalue weighted by Crippen LogP contribution is -2.23. The lowest BCUT2D eigenvalue weighted by atomic mass is 10.1. The Morgan fingerprint density at radius 2 is 1.97 bits per heavy atom. The molecule has 11 nitrogen and oxygen atoms in total. The van der Waals surface area contributed by atoms with E-state index in [4.69, 9.17) is 27.1 Å². The molecule has 0 radical (unpaired) electrons. The Hall–Kier alpha value is -4.90. The van der Waals surface area contributed by atoms with E-state index in [9.17, 15) is 4.79 Å². The van der Waals surface area contributed by atoms with Crippen molar-refractivity contribution in [2.45, 2.75) is 25.4 Å². The van der Waals surface area contributed by atoms with Gasteiger partial charge in [-0.15, -0.1) is 0 Å². The molecule has 5 rings (SSSR count). The highest BCUT2D eigenvalue weighted by Gasteiger charge is 2.22. The molecule has 1 aliphatic rings. The third-order valence-corrected chi connectivity index (χ3v) is 6.04. The van der Waals surface area contributed by atoms with Crippen molar-refractivity contribution < 1.29 is 9.53 Å². The van der Waals surface area contributed by atoms with Gasteiger partial charge in [0.25, 0.3) is 5.91 Å². The molecule has 0 spiro atoms. The first-order valence-corrected chi connectivity index (χ1v) is 12.1. The topological polar surface area (TPSA) is 172 Å². The minimum atomic E-state index is -0.184. The number of para-hydroxylation sites is 1. The first-order chi connectivity index (χ1) is 18.6. The van der Waals surface area contributed by atoms with Crippen molar-refractivity contribution in [2.75, 3.05) is 12.8 Å². The summed E-state index contributed by atoms with van der Waals surface area (Å²) in [5.74, 6) is 5.50. The number of fused-ring (bicyclic) bond motifs is 1. The van der Waals surface area contributed by atoms with Gasteiger partial charge < -0.3 is 26.9 Å². The third-order valence-electron chi connectivity index (χ3n) is 6.04. The van der Waals surface area contributed by atoms with Gasteiger partial charge in [-0.05, 0) is 30.5 Å². The van der Waals surface area contributed by atoms with Crippen molar-refractivity contribution in [3.63, 3.8) is 0 Å². The number of benzene rings is 2. The van der Waals surface area contributed by atoms with Gasteiger partial charge in [0.1, 0.15) is 23.6 Å². The second-order valence-electron chi connectivity index (χ2n) is 8.43. The number of nitrogen functional groups attached to an aromatic ring is 1. The summed E-state index contributed by atoms with van der Waals surface area (Å²) in [4.78, 5) is 21.2. The van der Waals surface area contributed by atoms with Crippen LogP contribution < -0.4 is 32.8 Å². The van der Waals surface area contributed by atoms with Gasteiger partial charge in [-0.3, -0.25) is 10.6 Å². The molecule has 1 unspecified atom stereocenters. The second kappa shape index (κ2) is 12.4. The van der Waals surface area contributed by atoms with Gasteiger partial charge in [0.05, 0.1) is 24.1 Å². The molecule has 0 aliphatic heterocycles. The molecule has 11 heteroatoms. The van der Waals surface area contributed by atoms with Crippen LogP contribution in [0.25, 0.3) is 22.3 Å². The van der Waals surface area contributed by atoms with Crippen LogP contribution in [0.15, 0.2) is 79.4 Å². The van der Waals surface area contributed by atoms with Crippen LogP contribution in [0.5, 0.6) is 5.75 Å². The number of methoxy groups -OCH3 is 1. The number of carbonyl (C=O) groups is 1. The van der Waals surface area contributed by atoms with Gasteiger partial charge in [-0.1, -0.05) is 48.6 Å². The molecule has 2 heterocycles. The maximum atomic E-state index is 12.6. The average Bonchev–Trinajstić information content (AvgIpc) is 3.62. The number of hydrazine groups is 1. The fourth-order valence-electron chi connectivity index (χ4n) is 4.19. The summed E-state index contributed by atoms with van der Waals surface area (Å²) < 4.78 is 7.21. The van der Waals surface area contributed by atoms with Crippen molar-refractivity contribution in [3.8, 4) is 17.0 Å². The summed E-state index contributed by atoms with van der Waals surface area (Å²) in [5, 5.41) is 8.57. The molecule has 1 aliphatic carbocycles. The molecule has 0 fully saturated rings. The Morgan fingerprint density at radius 1 is 1.18 bits per heavy atom.